The van der Waals surface area contributed by atoms with Crippen molar-refractivity contribution in [1.29, 1.82) is 0 Å². The minimum Gasteiger partial charge on any atom is -0.487 e. The van der Waals surface area contributed by atoms with E-state index in [4.69, 9.17) is 22.1 Å². The SMILES string of the molecule is Nc1ccc2nc(COc3cccc(Cl)c3)cn2c1. The van der Waals surface area contributed by atoms with Crippen molar-refractivity contribution in [1.82, 2.24) is 9.38 Å². The molecule has 0 amide bonds. The monoisotopic (exact) mass is 273 g/mol. The number of benzene rings is 1. The summed E-state index contributed by atoms with van der Waals surface area (Å²) in [4.78, 5) is 4.44. The minimum atomic E-state index is 0.391. The number of nitrogens with zero attached hydrogens (tertiary/aromatic N) is 2. The van der Waals surface area contributed by atoms with E-state index in [0.717, 1.165) is 17.1 Å². The van der Waals surface area contributed by atoms with Crippen LogP contribution in [0.5, 0.6) is 5.75 Å². The topological polar surface area (TPSA) is 52.5 Å². The number of imidazole rings is 1. The largest absolute Gasteiger partial charge is 0.487 e. The Kier molecular flexibility index (Phi) is 3.01. The summed E-state index contributed by atoms with van der Waals surface area (Å²) in [6.07, 6.45) is 3.72. The Hall–Kier alpha value is -2.20. The summed E-state index contributed by atoms with van der Waals surface area (Å²) in [5.74, 6) is 0.726. The van der Waals surface area contributed by atoms with E-state index in [1.165, 1.54) is 0 Å². The van der Waals surface area contributed by atoms with Crippen molar-refractivity contribution in [2.24, 2.45) is 0 Å². The molecular formula is C14H12ClN3O. The first-order valence-electron chi connectivity index (χ1n) is 5.82. The Bertz CT molecular complexity index is 724. The molecule has 0 fully saturated rings. The normalized spacial score (nSPS) is 10.8. The molecule has 0 bridgehead atoms. The Balaban J connectivity index is 1.78. The van der Waals surface area contributed by atoms with Crippen LogP contribution in [-0.4, -0.2) is 9.38 Å². The number of ether oxygens (including phenoxy) is 1. The molecule has 2 N–H and O–H groups in total. The fourth-order valence-corrected chi connectivity index (χ4v) is 2.03. The molecule has 3 aromatic rings. The predicted octanol–water partition coefficient (Wildman–Crippen LogP) is 3.15. The number of fused-ring (bicyclic) bond motifs is 1. The van der Waals surface area contributed by atoms with Crippen molar-refractivity contribution in [3.63, 3.8) is 0 Å². The van der Waals surface area contributed by atoms with Crippen molar-refractivity contribution in [2.75, 3.05) is 5.73 Å². The van der Waals surface area contributed by atoms with Crippen LogP contribution >= 0.6 is 11.6 Å². The van der Waals surface area contributed by atoms with Crippen LogP contribution < -0.4 is 10.5 Å². The van der Waals surface area contributed by atoms with Crippen molar-refractivity contribution in [2.45, 2.75) is 6.61 Å². The number of rotatable bonds is 3. The fourth-order valence-electron chi connectivity index (χ4n) is 1.85. The van der Waals surface area contributed by atoms with E-state index in [9.17, 15) is 0 Å². The average molecular weight is 274 g/mol. The summed E-state index contributed by atoms with van der Waals surface area (Å²) in [6, 6.07) is 11.0. The summed E-state index contributed by atoms with van der Waals surface area (Å²) in [6.45, 7) is 0.391. The molecular weight excluding hydrogens is 262 g/mol. The highest BCUT2D eigenvalue weighted by Gasteiger charge is 2.03. The number of pyridine rings is 1. The molecule has 0 saturated carbocycles. The Morgan fingerprint density at radius 3 is 2.95 bits per heavy atom. The van der Waals surface area contributed by atoms with E-state index in [2.05, 4.69) is 4.98 Å². The van der Waals surface area contributed by atoms with Crippen molar-refractivity contribution in [3.05, 3.63) is 59.5 Å². The van der Waals surface area contributed by atoms with Crippen LogP contribution in [0.15, 0.2) is 48.8 Å². The number of aromatic nitrogens is 2. The molecule has 1 aromatic carbocycles. The number of nitrogen functional groups attached to an aromatic ring is 1. The Morgan fingerprint density at radius 1 is 1.21 bits per heavy atom. The van der Waals surface area contributed by atoms with Crippen LogP contribution in [0.1, 0.15) is 5.69 Å². The molecule has 96 valence electrons. The molecule has 2 aromatic heterocycles. The van der Waals surface area contributed by atoms with E-state index in [1.54, 1.807) is 6.07 Å². The number of nitrogens with two attached hydrogens (primary N) is 1. The van der Waals surface area contributed by atoms with Gasteiger partial charge in [-0.2, -0.15) is 0 Å². The molecule has 0 unspecified atom stereocenters. The van der Waals surface area contributed by atoms with Gasteiger partial charge in [-0.25, -0.2) is 4.98 Å². The standard InChI is InChI=1S/C14H12ClN3O/c15-10-2-1-3-13(6-10)19-9-12-8-18-7-11(16)4-5-14(18)17-12/h1-8H,9,16H2. The van der Waals surface area contributed by atoms with Gasteiger partial charge in [0, 0.05) is 23.1 Å². The van der Waals surface area contributed by atoms with Gasteiger partial charge in [-0.15, -0.1) is 0 Å². The third kappa shape index (κ3) is 2.63. The second-order valence-corrected chi connectivity index (χ2v) is 4.64. The quantitative estimate of drug-likeness (QED) is 0.797. The lowest BCUT2D eigenvalue weighted by Gasteiger charge is -2.03. The van der Waals surface area contributed by atoms with Gasteiger partial charge in [-0.3, -0.25) is 0 Å². The van der Waals surface area contributed by atoms with Crippen molar-refractivity contribution >= 4 is 22.9 Å². The minimum absolute atomic E-state index is 0.391. The lowest BCUT2D eigenvalue weighted by atomic mass is 10.3. The zero-order valence-corrected chi connectivity index (χ0v) is 10.8. The summed E-state index contributed by atoms with van der Waals surface area (Å²) in [5.41, 5.74) is 8.11. The van der Waals surface area contributed by atoms with Gasteiger partial charge in [-0.05, 0) is 30.3 Å². The second kappa shape index (κ2) is 4.82. The van der Waals surface area contributed by atoms with Gasteiger partial charge in [0.25, 0.3) is 0 Å². The van der Waals surface area contributed by atoms with Crippen molar-refractivity contribution in [3.8, 4) is 5.75 Å². The molecule has 5 heteroatoms. The molecule has 19 heavy (non-hydrogen) atoms. The van der Waals surface area contributed by atoms with Gasteiger partial charge in [0.15, 0.2) is 0 Å². The smallest absolute Gasteiger partial charge is 0.137 e. The van der Waals surface area contributed by atoms with Gasteiger partial charge < -0.3 is 14.9 Å². The number of anilines is 1. The lowest BCUT2D eigenvalue weighted by molar-refractivity contribution is 0.302. The first-order valence-corrected chi connectivity index (χ1v) is 6.20. The highest BCUT2D eigenvalue weighted by atomic mass is 35.5. The fraction of sp³-hybridized carbons (Fsp3) is 0.0714. The van der Waals surface area contributed by atoms with Crippen LogP contribution in [-0.2, 0) is 6.61 Å². The third-order valence-electron chi connectivity index (χ3n) is 2.71. The summed E-state index contributed by atoms with van der Waals surface area (Å²) >= 11 is 5.89. The van der Waals surface area contributed by atoms with Crippen LogP contribution in [0.25, 0.3) is 5.65 Å². The van der Waals surface area contributed by atoms with E-state index < -0.39 is 0 Å². The van der Waals surface area contributed by atoms with E-state index in [1.807, 2.05) is 47.1 Å². The first-order chi connectivity index (χ1) is 9.20. The molecule has 0 saturated heterocycles. The van der Waals surface area contributed by atoms with Gasteiger partial charge in [0.1, 0.15) is 18.0 Å². The lowest BCUT2D eigenvalue weighted by Crippen LogP contribution is -1.95. The summed E-state index contributed by atoms with van der Waals surface area (Å²) < 4.78 is 7.52. The van der Waals surface area contributed by atoms with Gasteiger partial charge >= 0.3 is 0 Å². The maximum Gasteiger partial charge on any atom is 0.137 e. The molecule has 4 nitrogen and oxygen atoms in total. The molecule has 0 aliphatic rings. The van der Waals surface area contributed by atoms with E-state index >= 15 is 0 Å². The molecule has 2 heterocycles. The first kappa shape index (κ1) is 11.9. The highest BCUT2D eigenvalue weighted by molar-refractivity contribution is 6.30. The summed E-state index contributed by atoms with van der Waals surface area (Å²) in [7, 11) is 0. The van der Waals surface area contributed by atoms with Crippen LogP contribution in [0.3, 0.4) is 0 Å². The van der Waals surface area contributed by atoms with Gasteiger partial charge in [0.05, 0.1) is 5.69 Å². The summed E-state index contributed by atoms with van der Waals surface area (Å²) in [5, 5.41) is 0.653. The number of hydrogen-bond acceptors (Lipinski definition) is 3. The zero-order valence-electron chi connectivity index (χ0n) is 10.1. The van der Waals surface area contributed by atoms with Gasteiger partial charge in [0.2, 0.25) is 0 Å². The molecule has 3 rings (SSSR count). The molecule has 0 radical (unpaired) electrons. The van der Waals surface area contributed by atoms with Crippen molar-refractivity contribution < 1.29 is 4.74 Å². The van der Waals surface area contributed by atoms with E-state index in [0.29, 0.717) is 17.3 Å². The molecule has 0 spiro atoms. The zero-order chi connectivity index (χ0) is 13.2. The average Bonchev–Trinajstić information content (AvgIpc) is 2.78. The van der Waals surface area contributed by atoms with E-state index in [-0.39, 0.29) is 0 Å². The van der Waals surface area contributed by atoms with Crippen LogP contribution in [0.2, 0.25) is 5.02 Å². The molecule has 0 atom stereocenters. The highest BCUT2D eigenvalue weighted by Crippen LogP contribution is 2.18. The number of hydrogen-bond donors (Lipinski definition) is 1. The van der Waals surface area contributed by atoms with Gasteiger partial charge in [-0.1, -0.05) is 17.7 Å². The maximum absolute atomic E-state index is 5.89. The molecule has 0 aliphatic heterocycles. The van der Waals surface area contributed by atoms with Crippen LogP contribution in [0, 0.1) is 0 Å². The molecule has 0 aliphatic carbocycles. The predicted molar refractivity (Wildman–Crippen MR) is 75.4 cm³/mol. The maximum atomic E-state index is 5.89. The third-order valence-corrected chi connectivity index (χ3v) is 2.94. The second-order valence-electron chi connectivity index (χ2n) is 4.21. The van der Waals surface area contributed by atoms with Crippen LogP contribution in [0.4, 0.5) is 5.69 Å². The Morgan fingerprint density at radius 2 is 2.11 bits per heavy atom. The number of halogens is 1. The Labute approximate surface area is 115 Å².